The zero-order chi connectivity index (χ0) is 9.14. The molecule has 1 radical (unpaired) electrons. The standard InChI is InChI=1S/C9H9Cl2O/c1-3-6-4-9(12-2)8(11)5-7(6)10/h4-5H,1,3H2,2H3. The highest BCUT2D eigenvalue weighted by atomic mass is 35.5. The summed E-state index contributed by atoms with van der Waals surface area (Å²) >= 11 is 11.7. The molecule has 0 bridgehead atoms. The number of benzene rings is 1. The van der Waals surface area contributed by atoms with Gasteiger partial charge in [0, 0.05) is 5.02 Å². The zero-order valence-electron chi connectivity index (χ0n) is 6.73. The summed E-state index contributed by atoms with van der Waals surface area (Å²) in [5, 5.41) is 1.16. The molecule has 0 fully saturated rings. The number of hydrogen-bond donors (Lipinski definition) is 0. The van der Waals surface area contributed by atoms with Gasteiger partial charge in [0.05, 0.1) is 12.1 Å². The molecule has 1 aromatic carbocycles. The molecule has 1 nitrogen and oxygen atoms in total. The van der Waals surface area contributed by atoms with E-state index in [0.717, 1.165) is 5.56 Å². The van der Waals surface area contributed by atoms with Crippen LogP contribution in [0.1, 0.15) is 5.56 Å². The van der Waals surface area contributed by atoms with Crippen molar-refractivity contribution in [2.45, 2.75) is 6.42 Å². The van der Waals surface area contributed by atoms with E-state index in [1.807, 2.05) is 0 Å². The SMILES string of the molecule is [CH2]Cc1cc(OC)c(Cl)cc1Cl. The molecule has 0 aliphatic rings. The largest absolute Gasteiger partial charge is 0.495 e. The van der Waals surface area contributed by atoms with Gasteiger partial charge in [-0.2, -0.15) is 0 Å². The molecule has 0 spiro atoms. The molecule has 65 valence electrons. The second-order valence-electron chi connectivity index (χ2n) is 2.33. The number of hydrogen-bond acceptors (Lipinski definition) is 1. The normalized spacial score (nSPS) is 10.0. The second-order valence-corrected chi connectivity index (χ2v) is 3.14. The van der Waals surface area contributed by atoms with Crippen molar-refractivity contribution < 1.29 is 4.74 Å². The monoisotopic (exact) mass is 203 g/mol. The Morgan fingerprint density at radius 2 is 2.00 bits per heavy atom. The average Bonchev–Trinajstić information content (AvgIpc) is 2.05. The summed E-state index contributed by atoms with van der Waals surface area (Å²) in [5.41, 5.74) is 0.943. The smallest absolute Gasteiger partial charge is 0.137 e. The van der Waals surface area contributed by atoms with Crippen LogP contribution in [0.15, 0.2) is 12.1 Å². The lowest BCUT2D eigenvalue weighted by atomic mass is 10.1. The van der Waals surface area contributed by atoms with Crippen LogP contribution in [-0.2, 0) is 6.42 Å². The average molecular weight is 204 g/mol. The summed E-state index contributed by atoms with van der Waals surface area (Å²) in [6.45, 7) is 3.74. The lowest BCUT2D eigenvalue weighted by molar-refractivity contribution is 0.414. The van der Waals surface area contributed by atoms with Gasteiger partial charge in [0.1, 0.15) is 5.75 Å². The van der Waals surface area contributed by atoms with Crippen molar-refractivity contribution in [3.8, 4) is 5.75 Å². The minimum atomic E-state index is 0.528. The van der Waals surface area contributed by atoms with Crippen molar-refractivity contribution in [3.05, 3.63) is 34.7 Å². The van der Waals surface area contributed by atoms with Crippen molar-refractivity contribution in [2.24, 2.45) is 0 Å². The molecule has 0 heterocycles. The third-order valence-corrected chi connectivity index (χ3v) is 2.24. The fourth-order valence-electron chi connectivity index (χ4n) is 0.919. The van der Waals surface area contributed by atoms with Gasteiger partial charge in [0.2, 0.25) is 0 Å². The van der Waals surface area contributed by atoms with E-state index in [2.05, 4.69) is 6.92 Å². The number of methoxy groups -OCH3 is 1. The predicted molar refractivity (Wildman–Crippen MR) is 52.1 cm³/mol. The van der Waals surface area contributed by atoms with Crippen LogP contribution in [0, 0.1) is 6.92 Å². The Kier molecular flexibility index (Phi) is 3.24. The van der Waals surface area contributed by atoms with Gasteiger partial charge in [0.15, 0.2) is 0 Å². The third kappa shape index (κ3) is 1.85. The molecule has 12 heavy (non-hydrogen) atoms. The summed E-state index contributed by atoms with van der Waals surface area (Å²) in [4.78, 5) is 0. The van der Waals surface area contributed by atoms with Crippen molar-refractivity contribution in [2.75, 3.05) is 7.11 Å². The molecule has 0 saturated heterocycles. The molecule has 0 aromatic heterocycles. The summed E-state index contributed by atoms with van der Waals surface area (Å²) in [6, 6.07) is 3.47. The molecular formula is C9H9Cl2O. The van der Waals surface area contributed by atoms with Crippen molar-refractivity contribution in [1.82, 2.24) is 0 Å². The van der Waals surface area contributed by atoms with Crippen LogP contribution in [0.25, 0.3) is 0 Å². The van der Waals surface area contributed by atoms with Gasteiger partial charge in [-0.05, 0) is 31.0 Å². The zero-order valence-corrected chi connectivity index (χ0v) is 8.24. The van der Waals surface area contributed by atoms with E-state index < -0.39 is 0 Å². The Hall–Kier alpha value is -0.400. The van der Waals surface area contributed by atoms with Crippen LogP contribution in [-0.4, -0.2) is 7.11 Å². The molecule has 0 saturated carbocycles. The first-order valence-electron chi connectivity index (χ1n) is 3.50. The Morgan fingerprint density at radius 3 is 2.50 bits per heavy atom. The maximum Gasteiger partial charge on any atom is 0.137 e. The van der Waals surface area contributed by atoms with E-state index in [1.165, 1.54) is 0 Å². The Morgan fingerprint density at radius 1 is 1.33 bits per heavy atom. The lowest BCUT2D eigenvalue weighted by Crippen LogP contribution is -1.88. The van der Waals surface area contributed by atoms with Crippen molar-refractivity contribution in [3.63, 3.8) is 0 Å². The van der Waals surface area contributed by atoms with E-state index in [0.29, 0.717) is 22.2 Å². The quantitative estimate of drug-likeness (QED) is 0.717. The molecule has 0 amide bonds. The van der Waals surface area contributed by atoms with E-state index in [-0.39, 0.29) is 0 Å². The molecule has 1 aromatic rings. The van der Waals surface area contributed by atoms with Gasteiger partial charge in [0.25, 0.3) is 0 Å². The number of halogens is 2. The number of rotatable bonds is 2. The van der Waals surface area contributed by atoms with Crippen LogP contribution >= 0.6 is 23.2 Å². The first kappa shape index (κ1) is 9.69. The van der Waals surface area contributed by atoms with Gasteiger partial charge in [-0.1, -0.05) is 23.2 Å². The van der Waals surface area contributed by atoms with Crippen LogP contribution < -0.4 is 4.74 Å². The fraction of sp³-hybridized carbons (Fsp3) is 0.222. The van der Waals surface area contributed by atoms with Crippen molar-refractivity contribution >= 4 is 23.2 Å². The highest BCUT2D eigenvalue weighted by Crippen LogP contribution is 2.30. The Balaban J connectivity index is 3.18. The van der Waals surface area contributed by atoms with E-state index >= 15 is 0 Å². The molecule has 0 N–H and O–H groups in total. The van der Waals surface area contributed by atoms with E-state index in [9.17, 15) is 0 Å². The number of ether oxygens (including phenoxy) is 1. The molecular weight excluding hydrogens is 195 g/mol. The molecule has 0 aliphatic carbocycles. The molecule has 0 unspecified atom stereocenters. The maximum absolute atomic E-state index is 5.88. The third-order valence-electron chi connectivity index (χ3n) is 1.59. The highest BCUT2D eigenvalue weighted by Gasteiger charge is 2.05. The van der Waals surface area contributed by atoms with Crippen molar-refractivity contribution in [1.29, 1.82) is 0 Å². The van der Waals surface area contributed by atoms with Crippen LogP contribution in [0.4, 0.5) is 0 Å². The second kappa shape index (κ2) is 4.01. The molecule has 0 aliphatic heterocycles. The first-order chi connectivity index (χ1) is 5.69. The summed E-state index contributed by atoms with van der Waals surface area (Å²) < 4.78 is 5.02. The molecule has 3 heteroatoms. The van der Waals surface area contributed by atoms with Gasteiger partial charge in [-0.15, -0.1) is 0 Å². The summed E-state index contributed by atoms with van der Waals surface area (Å²) in [7, 11) is 1.57. The topological polar surface area (TPSA) is 9.23 Å². The highest BCUT2D eigenvalue weighted by molar-refractivity contribution is 6.36. The minimum absolute atomic E-state index is 0.528. The minimum Gasteiger partial charge on any atom is -0.495 e. The van der Waals surface area contributed by atoms with E-state index in [4.69, 9.17) is 27.9 Å². The summed E-state index contributed by atoms with van der Waals surface area (Å²) in [6.07, 6.45) is 0.631. The summed E-state index contributed by atoms with van der Waals surface area (Å²) in [5.74, 6) is 0.639. The van der Waals surface area contributed by atoms with Gasteiger partial charge >= 0.3 is 0 Å². The molecule has 0 atom stereocenters. The van der Waals surface area contributed by atoms with Gasteiger partial charge < -0.3 is 4.74 Å². The Labute approximate surface area is 82.2 Å². The van der Waals surface area contributed by atoms with E-state index in [1.54, 1.807) is 19.2 Å². The van der Waals surface area contributed by atoms with Crippen LogP contribution in [0.5, 0.6) is 5.75 Å². The molecule has 1 rings (SSSR count). The fourth-order valence-corrected chi connectivity index (χ4v) is 1.47. The Bertz CT molecular complexity index is 259. The maximum atomic E-state index is 5.88. The first-order valence-corrected chi connectivity index (χ1v) is 4.25. The predicted octanol–water partition coefficient (Wildman–Crippen LogP) is 3.38. The van der Waals surface area contributed by atoms with Gasteiger partial charge in [-0.3, -0.25) is 0 Å². The van der Waals surface area contributed by atoms with Crippen LogP contribution in [0.3, 0.4) is 0 Å². The van der Waals surface area contributed by atoms with Crippen LogP contribution in [0.2, 0.25) is 10.0 Å². The van der Waals surface area contributed by atoms with Gasteiger partial charge in [-0.25, -0.2) is 0 Å². The lowest BCUT2D eigenvalue weighted by Gasteiger charge is -2.06.